The minimum absolute atomic E-state index is 0.0859. The Hall–Kier alpha value is -2.24. The van der Waals surface area contributed by atoms with E-state index in [0.717, 1.165) is 12.7 Å². The fraction of sp³-hybridized carbons (Fsp3) is 0.467. The molecule has 0 aliphatic heterocycles. The number of nitrogens with zero attached hydrogens (tertiary/aromatic N) is 1. The highest BCUT2D eigenvalue weighted by molar-refractivity contribution is 5.95. The maximum atomic E-state index is 12.3. The second kappa shape index (κ2) is 6.47. The van der Waals surface area contributed by atoms with Gasteiger partial charge < -0.3 is 15.2 Å². The maximum Gasteiger partial charge on any atom is 0.228 e. The molecule has 1 aromatic rings. The highest BCUT2D eigenvalue weighted by Gasteiger charge is 2.33. The number of nitroso groups, excluding NO2 is 1. The number of phenolic OH excluding ortho intramolecular Hbond substituents is 1. The molecular weight excluding hydrogens is 272 g/mol. The lowest BCUT2D eigenvalue weighted by molar-refractivity contribution is -0.127. The van der Waals surface area contributed by atoms with E-state index in [2.05, 4.69) is 17.4 Å². The molecule has 1 aromatic carbocycles. The van der Waals surface area contributed by atoms with Crippen LogP contribution in [0.5, 0.6) is 5.75 Å². The summed E-state index contributed by atoms with van der Waals surface area (Å²) in [5.74, 6) is -0.710. The number of nitrogens with one attached hydrogen (secondary N) is 1. The van der Waals surface area contributed by atoms with Crippen LogP contribution in [0, 0.1) is 22.7 Å². The highest BCUT2D eigenvalue weighted by atomic mass is 16.3. The molecule has 1 aliphatic rings. The number of hydrogen-bond donors (Lipinski definition) is 2. The van der Waals surface area contributed by atoms with E-state index in [1.807, 2.05) is 0 Å². The summed E-state index contributed by atoms with van der Waals surface area (Å²) in [4.78, 5) is 33.8. The molecule has 6 heteroatoms. The molecule has 3 unspecified atom stereocenters. The monoisotopic (exact) mass is 290 g/mol. The van der Waals surface area contributed by atoms with Gasteiger partial charge in [0.15, 0.2) is 0 Å². The van der Waals surface area contributed by atoms with Gasteiger partial charge in [0.05, 0.1) is 5.69 Å². The first kappa shape index (κ1) is 15.2. The number of aromatic hydroxyl groups is 1. The van der Waals surface area contributed by atoms with Crippen molar-refractivity contribution in [2.45, 2.75) is 26.2 Å². The number of hydrogen-bond acceptors (Lipinski definition) is 5. The van der Waals surface area contributed by atoms with Gasteiger partial charge in [-0.05, 0) is 42.5 Å². The first-order valence-corrected chi connectivity index (χ1v) is 6.97. The summed E-state index contributed by atoms with van der Waals surface area (Å²) < 4.78 is 0. The van der Waals surface area contributed by atoms with E-state index >= 15 is 0 Å². The van der Waals surface area contributed by atoms with Gasteiger partial charge in [-0.1, -0.05) is 6.92 Å². The number of amides is 1. The van der Waals surface area contributed by atoms with E-state index in [1.54, 1.807) is 0 Å². The van der Waals surface area contributed by atoms with Crippen LogP contribution in [0.3, 0.4) is 0 Å². The minimum atomic E-state index is -0.373. The van der Waals surface area contributed by atoms with Crippen molar-refractivity contribution in [3.8, 4) is 5.75 Å². The van der Waals surface area contributed by atoms with Crippen molar-refractivity contribution in [1.82, 2.24) is 0 Å². The third-order valence-electron chi connectivity index (χ3n) is 4.02. The van der Waals surface area contributed by atoms with Crippen molar-refractivity contribution >= 4 is 23.6 Å². The smallest absolute Gasteiger partial charge is 0.228 e. The molecule has 3 atom stereocenters. The predicted molar refractivity (Wildman–Crippen MR) is 78.3 cm³/mol. The summed E-state index contributed by atoms with van der Waals surface area (Å²) in [6.07, 6.45) is 3.12. The summed E-state index contributed by atoms with van der Waals surface area (Å²) in [5, 5.41) is 15.1. The molecular formula is C15H18N2O4. The summed E-state index contributed by atoms with van der Waals surface area (Å²) in [5.41, 5.74) is 0.304. The summed E-state index contributed by atoms with van der Waals surface area (Å²) in [6.45, 7) is 2.07. The van der Waals surface area contributed by atoms with E-state index in [1.165, 1.54) is 18.2 Å². The van der Waals surface area contributed by atoms with Gasteiger partial charge >= 0.3 is 0 Å². The van der Waals surface area contributed by atoms with Gasteiger partial charge in [0.2, 0.25) is 5.91 Å². The number of anilines is 1. The quantitative estimate of drug-likeness (QED) is 0.506. The molecule has 0 saturated heterocycles. The van der Waals surface area contributed by atoms with Crippen LogP contribution in [0.4, 0.5) is 11.4 Å². The molecule has 1 amide bonds. The Morgan fingerprint density at radius 2 is 2.19 bits per heavy atom. The van der Waals surface area contributed by atoms with Gasteiger partial charge in [-0.2, -0.15) is 0 Å². The lowest BCUT2D eigenvalue weighted by atomic mass is 9.75. The molecule has 1 fully saturated rings. The Labute approximate surface area is 122 Å². The largest absolute Gasteiger partial charge is 0.506 e. The second-order valence-corrected chi connectivity index (χ2v) is 5.61. The van der Waals surface area contributed by atoms with Crippen molar-refractivity contribution in [1.29, 1.82) is 0 Å². The minimum Gasteiger partial charge on any atom is -0.506 e. The van der Waals surface area contributed by atoms with Gasteiger partial charge in [0.1, 0.15) is 17.7 Å². The molecule has 1 saturated carbocycles. The topological polar surface area (TPSA) is 95.8 Å². The first-order chi connectivity index (χ1) is 10.0. The lowest BCUT2D eigenvalue weighted by Crippen LogP contribution is -2.34. The average molecular weight is 290 g/mol. The van der Waals surface area contributed by atoms with Crippen LogP contribution in [-0.2, 0) is 9.59 Å². The van der Waals surface area contributed by atoms with E-state index in [9.17, 15) is 19.6 Å². The van der Waals surface area contributed by atoms with Crippen LogP contribution in [-0.4, -0.2) is 17.3 Å². The van der Waals surface area contributed by atoms with Gasteiger partial charge in [0.25, 0.3) is 0 Å². The van der Waals surface area contributed by atoms with Gasteiger partial charge in [-0.3, -0.25) is 4.79 Å². The number of carbonyl (C=O) groups is 2. The van der Waals surface area contributed by atoms with Crippen LogP contribution in [0.2, 0.25) is 0 Å². The van der Waals surface area contributed by atoms with Crippen molar-refractivity contribution in [2.75, 3.05) is 5.32 Å². The first-order valence-electron chi connectivity index (χ1n) is 6.97. The lowest BCUT2D eigenvalue weighted by Gasteiger charge is -2.30. The molecule has 21 heavy (non-hydrogen) atoms. The predicted octanol–water partition coefficient (Wildman–Crippen LogP) is 2.98. The van der Waals surface area contributed by atoms with Crippen molar-refractivity contribution in [3.05, 3.63) is 23.1 Å². The van der Waals surface area contributed by atoms with E-state index in [0.29, 0.717) is 18.8 Å². The molecule has 6 nitrogen and oxygen atoms in total. The fourth-order valence-corrected chi connectivity index (χ4v) is 2.81. The summed E-state index contributed by atoms with van der Waals surface area (Å²) in [6, 6.07) is 4.01. The molecule has 0 bridgehead atoms. The zero-order valence-corrected chi connectivity index (χ0v) is 11.8. The Balaban J connectivity index is 2.10. The van der Waals surface area contributed by atoms with Crippen LogP contribution >= 0.6 is 0 Å². The van der Waals surface area contributed by atoms with Crippen LogP contribution in [0.15, 0.2) is 23.4 Å². The Morgan fingerprint density at radius 3 is 2.81 bits per heavy atom. The number of benzene rings is 1. The third-order valence-corrected chi connectivity index (χ3v) is 4.02. The number of carbonyl (C=O) groups excluding carboxylic acids is 2. The molecule has 2 N–H and O–H groups in total. The maximum absolute atomic E-state index is 12.3. The fourth-order valence-electron chi connectivity index (χ4n) is 2.81. The van der Waals surface area contributed by atoms with Gasteiger partial charge in [-0.15, -0.1) is 4.91 Å². The van der Waals surface area contributed by atoms with Crippen molar-refractivity contribution in [2.24, 2.45) is 22.9 Å². The normalized spacial score (nSPS) is 25.1. The SMILES string of the molecule is CC1CCC(C(=O)Nc2ccc(N=O)cc2O)C(C=O)C1. The van der Waals surface area contributed by atoms with E-state index in [4.69, 9.17) is 0 Å². The van der Waals surface area contributed by atoms with Gasteiger partial charge in [-0.25, -0.2) is 0 Å². The number of phenols is 1. The number of rotatable bonds is 4. The standard InChI is InChI=1S/C15H18N2O4/c1-9-2-4-12(10(6-9)8-18)15(20)16-13-5-3-11(17-21)7-14(13)19/h3,5,7-10,12,19H,2,4,6H2,1H3,(H,16,20). The Bertz CT molecular complexity index is 559. The molecule has 2 rings (SSSR count). The summed E-state index contributed by atoms with van der Waals surface area (Å²) >= 11 is 0. The van der Waals surface area contributed by atoms with E-state index in [-0.39, 0.29) is 34.9 Å². The average Bonchev–Trinajstić information content (AvgIpc) is 2.48. The molecule has 0 spiro atoms. The molecule has 0 heterocycles. The molecule has 1 aliphatic carbocycles. The van der Waals surface area contributed by atoms with Gasteiger partial charge in [0, 0.05) is 17.9 Å². The van der Waals surface area contributed by atoms with Crippen LogP contribution in [0.25, 0.3) is 0 Å². The second-order valence-electron chi connectivity index (χ2n) is 5.61. The zero-order valence-electron chi connectivity index (χ0n) is 11.8. The van der Waals surface area contributed by atoms with Crippen LogP contribution in [0.1, 0.15) is 26.2 Å². The molecule has 0 radical (unpaired) electrons. The molecule has 0 aromatic heterocycles. The Kier molecular flexibility index (Phi) is 4.67. The Morgan fingerprint density at radius 1 is 1.43 bits per heavy atom. The highest BCUT2D eigenvalue weighted by Crippen LogP contribution is 2.34. The van der Waals surface area contributed by atoms with Crippen LogP contribution < -0.4 is 5.32 Å². The molecule has 112 valence electrons. The van der Waals surface area contributed by atoms with E-state index < -0.39 is 0 Å². The summed E-state index contributed by atoms with van der Waals surface area (Å²) in [7, 11) is 0. The number of aldehydes is 1. The van der Waals surface area contributed by atoms with Crippen molar-refractivity contribution in [3.63, 3.8) is 0 Å². The third kappa shape index (κ3) is 3.45. The zero-order chi connectivity index (χ0) is 15.4. The van der Waals surface area contributed by atoms with Crippen molar-refractivity contribution < 1.29 is 14.7 Å².